The number of nitrogens with zero attached hydrogens (tertiary/aromatic N) is 6. The van der Waals surface area contributed by atoms with Gasteiger partial charge in [0.15, 0.2) is 5.65 Å². The van der Waals surface area contributed by atoms with E-state index < -0.39 is 0 Å². The minimum Gasteiger partial charge on any atom is -0.378 e. The summed E-state index contributed by atoms with van der Waals surface area (Å²) in [6.07, 6.45) is 3.12. The normalized spacial score (nSPS) is 17.8. The summed E-state index contributed by atoms with van der Waals surface area (Å²) in [5.41, 5.74) is 2.47. The number of aromatic nitrogens is 4. The molecule has 3 aromatic rings. The van der Waals surface area contributed by atoms with Crippen molar-refractivity contribution in [3.63, 3.8) is 0 Å². The van der Waals surface area contributed by atoms with E-state index in [0.29, 0.717) is 18.2 Å². The number of carbonyl (C=O) groups is 1. The van der Waals surface area contributed by atoms with Crippen LogP contribution in [0.5, 0.6) is 0 Å². The van der Waals surface area contributed by atoms with Gasteiger partial charge in [-0.2, -0.15) is 4.52 Å². The molecule has 2 aromatic heterocycles. The highest BCUT2D eigenvalue weighted by molar-refractivity contribution is 6.31. The van der Waals surface area contributed by atoms with E-state index in [9.17, 15) is 4.79 Å². The van der Waals surface area contributed by atoms with E-state index in [2.05, 4.69) is 30.4 Å². The molecule has 2 saturated heterocycles. The molecule has 10 heteroatoms. The molecule has 1 amide bonds. The zero-order valence-corrected chi connectivity index (χ0v) is 17.8. The molecule has 1 N–H and O–H groups in total. The molecule has 9 nitrogen and oxygen atoms in total. The summed E-state index contributed by atoms with van der Waals surface area (Å²) in [5, 5.41) is 16.2. The quantitative estimate of drug-likeness (QED) is 0.665. The van der Waals surface area contributed by atoms with Crippen LogP contribution in [0.3, 0.4) is 0 Å². The standard InChI is InChI=1S/C21H24ClN7O2/c22-16-1-2-18(27-9-11-31-12-10-27)17(13-16)24-21(30)15-5-7-28(8-6-15)20-4-3-19-25-23-14-29(19)26-20/h1-4,13-15H,5-12H2,(H,24,30). The van der Waals surface area contributed by atoms with Crippen molar-refractivity contribution in [3.8, 4) is 0 Å². The highest BCUT2D eigenvalue weighted by Crippen LogP contribution is 2.31. The molecule has 4 heterocycles. The number of piperidine rings is 1. The van der Waals surface area contributed by atoms with Crippen molar-refractivity contribution in [1.29, 1.82) is 0 Å². The first-order chi connectivity index (χ1) is 15.2. The molecule has 0 aliphatic carbocycles. The van der Waals surface area contributed by atoms with Crippen molar-refractivity contribution in [2.45, 2.75) is 12.8 Å². The predicted octanol–water partition coefficient (Wildman–Crippen LogP) is 2.47. The van der Waals surface area contributed by atoms with Crippen LogP contribution >= 0.6 is 11.6 Å². The molecule has 0 bridgehead atoms. The number of benzene rings is 1. The summed E-state index contributed by atoms with van der Waals surface area (Å²) in [7, 11) is 0. The second-order valence-corrected chi connectivity index (χ2v) is 8.27. The molecule has 1 aromatic carbocycles. The molecule has 162 valence electrons. The van der Waals surface area contributed by atoms with Crippen molar-refractivity contribution in [2.75, 3.05) is 54.5 Å². The first-order valence-electron chi connectivity index (χ1n) is 10.5. The van der Waals surface area contributed by atoms with Gasteiger partial charge in [-0.3, -0.25) is 4.79 Å². The zero-order chi connectivity index (χ0) is 21.2. The van der Waals surface area contributed by atoms with E-state index >= 15 is 0 Å². The van der Waals surface area contributed by atoms with Gasteiger partial charge in [-0.15, -0.1) is 15.3 Å². The highest BCUT2D eigenvalue weighted by Gasteiger charge is 2.27. The summed E-state index contributed by atoms with van der Waals surface area (Å²) >= 11 is 6.23. The van der Waals surface area contributed by atoms with Crippen LogP contribution in [-0.4, -0.2) is 65.1 Å². The Hall–Kier alpha value is -2.91. The smallest absolute Gasteiger partial charge is 0.227 e. The molecule has 2 fully saturated rings. The SMILES string of the molecule is O=C(Nc1cc(Cl)ccc1N1CCOCC1)C1CCN(c2ccc3nncn3n2)CC1. The topological polar surface area (TPSA) is 87.9 Å². The van der Waals surface area contributed by atoms with Crippen molar-refractivity contribution >= 4 is 40.3 Å². The predicted molar refractivity (Wildman–Crippen MR) is 119 cm³/mol. The number of hydrogen-bond acceptors (Lipinski definition) is 7. The van der Waals surface area contributed by atoms with Gasteiger partial charge in [0.1, 0.15) is 12.1 Å². The summed E-state index contributed by atoms with van der Waals surface area (Å²) in [4.78, 5) is 17.5. The van der Waals surface area contributed by atoms with Gasteiger partial charge in [0.05, 0.1) is 24.6 Å². The van der Waals surface area contributed by atoms with Crippen LogP contribution in [0.15, 0.2) is 36.7 Å². The Labute approximate surface area is 184 Å². The minimum absolute atomic E-state index is 0.0404. The Bertz CT molecular complexity index is 1070. The minimum atomic E-state index is -0.0496. The van der Waals surface area contributed by atoms with Crippen molar-refractivity contribution < 1.29 is 9.53 Å². The van der Waals surface area contributed by atoms with Crippen molar-refractivity contribution in [2.24, 2.45) is 5.92 Å². The fraction of sp³-hybridized carbons (Fsp3) is 0.429. The number of hydrogen-bond donors (Lipinski definition) is 1. The molecule has 0 saturated carbocycles. The molecule has 2 aliphatic rings. The Morgan fingerprint density at radius 1 is 1.06 bits per heavy atom. The molecular formula is C21H24ClN7O2. The fourth-order valence-electron chi connectivity index (χ4n) is 4.18. The third-order valence-corrected chi connectivity index (χ3v) is 6.14. The molecule has 0 spiro atoms. The monoisotopic (exact) mass is 441 g/mol. The highest BCUT2D eigenvalue weighted by atomic mass is 35.5. The second kappa shape index (κ2) is 8.68. The second-order valence-electron chi connectivity index (χ2n) is 7.84. The summed E-state index contributed by atoms with van der Waals surface area (Å²) < 4.78 is 7.12. The first-order valence-corrected chi connectivity index (χ1v) is 10.9. The number of anilines is 3. The Kier molecular flexibility index (Phi) is 5.61. The van der Waals surface area contributed by atoms with E-state index in [4.69, 9.17) is 16.3 Å². The molecule has 31 heavy (non-hydrogen) atoms. The lowest BCUT2D eigenvalue weighted by atomic mass is 9.95. The summed E-state index contributed by atoms with van der Waals surface area (Å²) in [6.45, 7) is 4.50. The number of halogens is 1. The fourth-order valence-corrected chi connectivity index (χ4v) is 4.35. The van der Waals surface area contributed by atoms with Gasteiger partial charge in [-0.25, -0.2) is 0 Å². The van der Waals surface area contributed by atoms with Crippen molar-refractivity contribution in [1.82, 2.24) is 19.8 Å². The Morgan fingerprint density at radius 3 is 2.68 bits per heavy atom. The number of amides is 1. The summed E-state index contributed by atoms with van der Waals surface area (Å²) in [5.74, 6) is 0.862. The number of nitrogens with one attached hydrogen (secondary N) is 1. The number of carbonyl (C=O) groups excluding carboxylic acids is 1. The largest absolute Gasteiger partial charge is 0.378 e. The first kappa shape index (κ1) is 20.0. The van der Waals surface area contributed by atoms with Crippen LogP contribution < -0.4 is 15.1 Å². The van der Waals surface area contributed by atoms with Gasteiger partial charge < -0.3 is 19.9 Å². The van der Waals surface area contributed by atoms with Crippen molar-refractivity contribution in [3.05, 3.63) is 41.7 Å². The van der Waals surface area contributed by atoms with Crippen LogP contribution in [0.1, 0.15) is 12.8 Å². The maximum Gasteiger partial charge on any atom is 0.227 e. The third kappa shape index (κ3) is 4.28. The van der Waals surface area contributed by atoms with Gasteiger partial charge in [-0.1, -0.05) is 11.6 Å². The lowest BCUT2D eigenvalue weighted by Crippen LogP contribution is -2.39. The zero-order valence-electron chi connectivity index (χ0n) is 17.1. The molecule has 0 radical (unpaired) electrons. The molecule has 0 atom stereocenters. The lowest BCUT2D eigenvalue weighted by molar-refractivity contribution is -0.120. The van der Waals surface area contributed by atoms with Crippen LogP contribution in [0.25, 0.3) is 5.65 Å². The van der Waals surface area contributed by atoms with Gasteiger partial charge in [0.2, 0.25) is 5.91 Å². The molecule has 0 unspecified atom stereocenters. The van der Waals surface area contributed by atoms with Crippen LogP contribution in [0.4, 0.5) is 17.2 Å². The van der Waals surface area contributed by atoms with Gasteiger partial charge in [-0.05, 0) is 43.2 Å². The molecular weight excluding hydrogens is 418 g/mol. The van der Waals surface area contributed by atoms with Gasteiger partial charge >= 0.3 is 0 Å². The van der Waals surface area contributed by atoms with Crippen LogP contribution in [-0.2, 0) is 9.53 Å². The lowest BCUT2D eigenvalue weighted by Gasteiger charge is -2.33. The van der Waals surface area contributed by atoms with Gasteiger partial charge in [0.25, 0.3) is 0 Å². The average Bonchev–Trinajstić information content (AvgIpc) is 3.28. The summed E-state index contributed by atoms with van der Waals surface area (Å²) in [6, 6.07) is 9.52. The van der Waals surface area contributed by atoms with Crippen LogP contribution in [0.2, 0.25) is 5.02 Å². The van der Waals surface area contributed by atoms with Gasteiger partial charge in [0, 0.05) is 37.1 Å². The number of rotatable bonds is 4. The van der Waals surface area contributed by atoms with E-state index in [1.807, 2.05) is 30.3 Å². The van der Waals surface area contributed by atoms with E-state index in [-0.39, 0.29) is 11.8 Å². The van der Waals surface area contributed by atoms with E-state index in [1.54, 1.807) is 10.8 Å². The number of morpholine rings is 1. The third-order valence-electron chi connectivity index (χ3n) is 5.91. The Balaban J connectivity index is 1.24. The van der Waals surface area contributed by atoms with E-state index in [0.717, 1.165) is 61.9 Å². The van der Waals surface area contributed by atoms with E-state index in [1.165, 1.54) is 0 Å². The maximum absolute atomic E-state index is 13.0. The average molecular weight is 442 g/mol. The number of ether oxygens (including phenoxy) is 1. The number of fused-ring (bicyclic) bond motifs is 1. The molecule has 2 aliphatic heterocycles. The van der Waals surface area contributed by atoms with Crippen LogP contribution in [0, 0.1) is 5.92 Å². The maximum atomic E-state index is 13.0. The molecule has 5 rings (SSSR count). The Morgan fingerprint density at radius 2 is 1.87 bits per heavy atom.